The van der Waals surface area contributed by atoms with Crippen LogP contribution in [0, 0.1) is 12.7 Å². The lowest BCUT2D eigenvalue weighted by atomic mass is 10.1. The molecule has 0 saturated carbocycles. The van der Waals surface area contributed by atoms with Crippen LogP contribution in [-0.2, 0) is 0 Å². The van der Waals surface area contributed by atoms with Crippen LogP contribution in [0.25, 0.3) is 0 Å². The van der Waals surface area contributed by atoms with Crippen LogP contribution in [0.2, 0.25) is 0 Å². The molecule has 0 aliphatic carbocycles. The van der Waals surface area contributed by atoms with Gasteiger partial charge in [0.1, 0.15) is 5.82 Å². The molecule has 0 aromatic heterocycles. The Morgan fingerprint density at radius 2 is 2.25 bits per heavy atom. The zero-order valence-electron chi connectivity index (χ0n) is 6.92. The van der Waals surface area contributed by atoms with Gasteiger partial charge in [-0.05, 0) is 18.6 Å². The number of nitrogens with two attached hydrogens (primary N) is 1. The van der Waals surface area contributed by atoms with Gasteiger partial charge in [-0.2, -0.15) is 0 Å². The number of benzene rings is 1. The molecule has 3 heteroatoms. The van der Waals surface area contributed by atoms with E-state index in [2.05, 4.69) is 0 Å². The van der Waals surface area contributed by atoms with Crippen LogP contribution in [0.15, 0.2) is 18.2 Å². The molecule has 1 rings (SSSR count). The first-order valence-electron chi connectivity index (χ1n) is 3.79. The van der Waals surface area contributed by atoms with Gasteiger partial charge in [0.25, 0.3) is 0 Å². The van der Waals surface area contributed by atoms with Crippen LogP contribution >= 0.6 is 0 Å². The van der Waals surface area contributed by atoms with Crippen LogP contribution in [0.1, 0.15) is 17.2 Å². The Balaban J connectivity index is 3.01. The van der Waals surface area contributed by atoms with Crippen LogP contribution < -0.4 is 5.73 Å². The number of halogens is 1. The highest BCUT2D eigenvalue weighted by molar-refractivity contribution is 5.25. The van der Waals surface area contributed by atoms with E-state index in [-0.39, 0.29) is 12.1 Å². The zero-order valence-corrected chi connectivity index (χ0v) is 6.92. The summed E-state index contributed by atoms with van der Waals surface area (Å²) < 4.78 is 13.1. The first kappa shape index (κ1) is 9.16. The Morgan fingerprint density at radius 1 is 1.58 bits per heavy atom. The SMILES string of the molecule is Cc1ccc(C(O)CN)c(F)c1. The molecule has 12 heavy (non-hydrogen) atoms. The van der Waals surface area contributed by atoms with E-state index in [0.29, 0.717) is 0 Å². The van der Waals surface area contributed by atoms with Crippen molar-refractivity contribution >= 4 is 0 Å². The van der Waals surface area contributed by atoms with Crippen LogP contribution in [0.3, 0.4) is 0 Å². The van der Waals surface area contributed by atoms with Crippen molar-refractivity contribution in [3.8, 4) is 0 Å². The zero-order chi connectivity index (χ0) is 9.14. The molecular formula is C9H12FNO. The van der Waals surface area contributed by atoms with Crippen molar-refractivity contribution in [2.75, 3.05) is 6.54 Å². The van der Waals surface area contributed by atoms with E-state index in [1.165, 1.54) is 6.07 Å². The molecule has 0 spiro atoms. The van der Waals surface area contributed by atoms with Crippen molar-refractivity contribution in [1.82, 2.24) is 0 Å². The quantitative estimate of drug-likeness (QED) is 0.697. The molecule has 0 aliphatic rings. The number of aryl methyl sites for hydroxylation is 1. The second-order valence-electron chi connectivity index (χ2n) is 2.78. The average molecular weight is 169 g/mol. The van der Waals surface area contributed by atoms with Gasteiger partial charge in [0, 0.05) is 12.1 Å². The number of hydrogen-bond donors (Lipinski definition) is 2. The lowest BCUT2D eigenvalue weighted by molar-refractivity contribution is 0.182. The number of hydrogen-bond acceptors (Lipinski definition) is 2. The third kappa shape index (κ3) is 1.81. The molecule has 0 aliphatic heterocycles. The molecule has 1 atom stereocenters. The normalized spacial score (nSPS) is 13.0. The van der Waals surface area contributed by atoms with Gasteiger partial charge in [-0.25, -0.2) is 4.39 Å². The van der Waals surface area contributed by atoms with Gasteiger partial charge in [0.05, 0.1) is 6.10 Å². The summed E-state index contributed by atoms with van der Waals surface area (Å²) in [4.78, 5) is 0. The largest absolute Gasteiger partial charge is 0.387 e. The standard InChI is InChI=1S/C9H12FNO/c1-6-2-3-7(8(10)4-6)9(12)5-11/h2-4,9,12H,5,11H2,1H3. The third-order valence-electron chi connectivity index (χ3n) is 1.74. The topological polar surface area (TPSA) is 46.2 Å². The summed E-state index contributed by atoms with van der Waals surface area (Å²) in [6.07, 6.45) is -0.898. The first-order valence-corrected chi connectivity index (χ1v) is 3.79. The minimum Gasteiger partial charge on any atom is -0.387 e. The summed E-state index contributed by atoms with van der Waals surface area (Å²) in [5.74, 6) is -0.395. The second kappa shape index (κ2) is 3.65. The summed E-state index contributed by atoms with van der Waals surface area (Å²) in [7, 11) is 0. The van der Waals surface area contributed by atoms with E-state index in [1.807, 2.05) is 0 Å². The molecule has 0 amide bonds. The predicted molar refractivity (Wildman–Crippen MR) is 45.2 cm³/mol. The summed E-state index contributed by atoms with van der Waals surface area (Å²) >= 11 is 0. The van der Waals surface area contributed by atoms with E-state index in [1.54, 1.807) is 19.1 Å². The van der Waals surface area contributed by atoms with E-state index < -0.39 is 11.9 Å². The molecule has 1 unspecified atom stereocenters. The lowest BCUT2D eigenvalue weighted by Gasteiger charge is -2.09. The molecule has 2 nitrogen and oxygen atoms in total. The average Bonchev–Trinajstić information content (AvgIpc) is 2.03. The Morgan fingerprint density at radius 3 is 2.75 bits per heavy atom. The smallest absolute Gasteiger partial charge is 0.129 e. The Kier molecular flexibility index (Phi) is 2.78. The van der Waals surface area contributed by atoms with Crippen molar-refractivity contribution < 1.29 is 9.50 Å². The van der Waals surface area contributed by atoms with Crippen molar-refractivity contribution in [1.29, 1.82) is 0 Å². The second-order valence-corrected chi connectivity index (χ2v) is 2.78. The van der Waals surface area contributed by atoms with E-state index in [4.69, 9.17) is 5.73 Å². The fourth-order valence-electron chi connectivity index (χ4n) is 1.03. The van der Waals surface area contributed by atoms with E-state index in [9.17, 15) is 9.50 Å². The third-order valence-corrected chi connectivity index (χ3v) is 1.74. The van der Waals surface area contributed by atoms with E-state index in [0.717, 1.165) is 5.56 Å². The van der Waals surface area contributed by atoms with Crippen molar-refractivity contribution in [3.63, 3.8) is 0 Å². The molecule has 0 bridgehead atoms. The van der Waals surface area contributed by atoms with Crippen LogP contribution in [0.4, 0.5) is 4.39 Å². The van der Waals surface area contributed by atoms with Gasteiger partial charge in [0.2, 0.25) is 0 Å². The van der Waals surface area contributed by atoms with Gasteiger partial charge in [-0.15, -0.1) is 0 Å². The minimum absolute atomic E-state index is 0.0416. The first-order chi connectivity index (χ1) is 5.65. The van der Waals surface area contributed by atoms with E-state index >= 15 is 0 Å². The van der Waals surface area contributed by atoms with Gasteiger partial charge in [0.15, 0.2) is 0 Å². The highest BCUT2D eigenvalue weighted by atomic mass is 19.1. The molecule has 66 valence electrons. The molecule has 0 saturated heterocycles. The molecule has 0 heterocycles. The molecule has 1 aromatic rings. The maximum absolute atomic E-state index is 13.1. The minimum atomic E-state index is -0.898. The predicted octanol–water partition coefficient (Wildman–Crippen LogP) is 1.13. The summed E-state index contributed by atoms with van der Waals surface area (Å²) in [6.45, 7) is 1.83. The number of rotatable bonds is 2. The number of aliphatic hydroxyl groups excluding tert-OH is 1. The Hall–Kier alpha value is -0.930. The Labute approximate surface area is 70.8 Å². The molecule has 0 radical (unpaired) electrons. The van der Waals surface area contributed by atoms with Gasteiger partial charge >= 0.3 is 0 Å². The van der Waals surface area contributed by atoms with Crippen molar-refractivity contribution in [3.05, 3.63) is 35.1 Å². The van der Waals surface area contributed by atoms with Crippen LogP contribution in [-0.4, -0.2) is 11.7 Å². The monoisotopic (exact) mass is 169 g/mol. The Bertz CT molecular complexity index is 275. The van der Waals surface area contributed by atoms with Gasteiger partial charge in [-0.1, -0.05) is 12.1 Å². The summed E-state index contributed by atoms with van der Waals surface area (Å²) in [5.41, 5.74) is 6.29. The summed E-state index contributed by atoms with van der Waals surface area (Å²) in [6, 6.07) is 4.69. The summed E-state index contributed by atoms with van der Waals surface area (Å²) in [5, 5.41) is 9.24. The maximum Gasteiger partial charge on any atom is 0.129 e. The van der Waals surface area contributed by atoms with Gasteiger partial charge in [-0.3, -0.25) is 0 Å². The lowest BCUT2D eigenvalue weighted by Crippen LogP contribution is -2.12. The highest BCUT2D eigenvalue weighted by Gasteiger charge is 2.09. The van der Waals surface area contributed by atoms with Gasteiger partial charge < -0.3 is 10.8 Å². The fraction of sp³-hybridized carbons (Fsp3) is 0.333. The molecular weight excluding hydrogens is 157 g/mol. The maximum atomic E-state index is 13.1. The van der Waals surface area contributed by atoms with Crippen molar-refractivity contribution in [2.24, 2.45) is 5.73 Å². The number of aliphatic hydroxyl groups is 1. The molecule has 1 aromatic carbocycles. The van der Waals surface area contributed by atoms with Crippen LogP contribution in [0.5, 0.6) is 0 Å². The fourth-order valence-corrected chi connectivity index (χ4v) is 1.03. The molecule has 3 N–H and O–H groups in total. The highest BCUT2D eigenvalue weighted by Crippen LogP contribution is 2.16. The van der Waals surface area contributed by atoms with Crippen molar-refractivity contribution in [2.45, 2.75) is 13.0 Å². The molecule has 0 fully saturated rings.